The van der Waals surface area contributed by atoms with Gasteiger partial charge < -0.3 is 11.1 Å². The molecular weight excluding hydrogens is 296 g/mol. The van der Waals surface area contributed by atoms with E-state index in [0.717, 1.165) is 25.2 Å². The average molecular weight is 319 g/mol. The summed E-state index contributed by atoms with van der Waals surface area (Å²) < 4.78 is 0. The molecule has 1 aliphatic rings. The third kappa shape index (κ3) is 5.01. The van der Waals surface area contributed by atoms with Gasteiger partial charge in [-0.1, -0.05) is 0 Å². The molecule has 0 radical (unpaired) electrons. The van der Waals surface area contributed by atoms with Crippen LogP contribution in [0.3, 0.4) is 0 Å². The Labute approximate surface area is 130 Å². The largest absolute Gasteiger partial charge is 0.328 e. The van der Waals surface area contributed by atoms with Crippen molar-refractivity contribution in [2.45, 2.75) is 32.7 Å². The predicted molar refractivity (Wildman–Crippen MR) is 85.5 cm³/mol. The third-order valence-electron chi connectivity index (χ3n) is 3.52. The molecule has 1 saturated heterocycles. The number of nitrogens with one attached hydrogen (secondary N) is 1. The lowest BCUT2D eigenvalue weighted by molar-refractivity contribution is -0.117. The molecule has 1 amide bonds. The molecule has 1 aromatic rings. The minimum Gasteiger partial charge on any atom is -0.328 e. The number of aromatic nitrogens is 1. The molecule has 7 heteroatoms. The van der Waals surface area contributed by atoms with Crippen LogP contribution in [0.4, 0.5) is 5.13 Å². The van der Waals surface area contributed by atoms with Crippen LogP contribution in [0, 0.1) is 12.8 Å². The van der Waals surface area contributed by atoms with Crippen LogP contribution in [0.1, 0.15) is 25.5 Å². The van der Waals surface area contributed by atoms with Gasteiger partial charge in [0.05, 0.1) is 12.2 Å². The topological polar surface area (TPSA) is 71.2 Å². The van der Waals surface area contributed by atoms with E-state index in [9.17, 15) is 4.79 Å². The fourth-order valence-corrected chi connectivity index (χ4v) is 3.14. The Morgan fingerprint density at radius 2 is 2.45 bits per heavy atom. The molecule has 3 N–H and O–H groups in total. The van der Waals surface area contributed by atoms with E-state index in [1.807, 2.05) is 19.2 Å². The summed E-state index contributed by atoms with van der Waals surface area (Å²) >= 11 is 1.46. The first-order valence-corrected chi connectivity index (χ1v) is 7.62. The second-order valence-corrected chi connectivity index (χ2v) is 6.20. The number of carbonyl (C=O) groups is 1. The second kappa shape index (κ2) is 7.93. The van der Waals surface area contributed by atoms with Crippen LogP contribution >= 0.6 is 23.7 Å². The Bertz CT molecular complexity index is 438. The molecule has 2 rings (SSSR count). The van der Waals surface area contributed by atoms with Gasteiger partial charge in [0.1, 0.15) is 0 Å². The number of amides is 1. The highest BCUT2D eigenvalue weighted by Gasteiger charge is 2.24. The molecule has 2 heterocycles. The van der Waals surface area contributed by atoms with Crippen molar-refractivity contribution in [2.75, 3.05) is 25.0 Å². The summed E-state index contributed by atoms with van der Waals surface area (Å²) in [6, 6.07) is 0.201. The van der Waals surface area contributed by atoms with E-state index in [0.29, 0.717) is 17.6 Å². The van der Waals surface area contributed by atoms with E-state index in [2.05, 4.69) is 15.2 Å². The lowest BCUT2D eigenvalue weighted by Gasteiger charge is -2.34. The van der Waals surface area contributed by atoms with Gasteiger partial charge in [-0.15, -0.1) is 23.7 Å². The molecule has 5 nitrogen and oxygen atoms in total. The second-order valence-electron chi connectivity index (χ2n) is 5.34. The zero-order valence-electron chi connectivity index (χ0n) is 12.0. The predicted octanol–water partition coefficient (Wildman–Crippen LogP) is 1.87. The Morgan fingerprint density at radius 1 is 1.70 bits per heavy atom. The van der Waals surface area contributed by atoms with Gasteiger partial charge in [-0.05, 0) is 39.2 Å². The molecule has 1 aliphatic heterocycles. The van der Waals surface area contributed by atoms with Gasteiger partial charge in [-0.3, -0.25) is 9.69 Å². The number of piperidine rings is 1. The van der Waals surface area contributed by atoms with Crippen molar-refractivity contribution >= 4 is 34.8 Å². The van der Waals surface area contributed by atoms with Gasteiger partial charge in [-0.25, -0.2) is 4.98 Å². The molecule has 20 heavy (non-hydrogen) atoms. The van der Waals surface area contributed by atoms with Crippen molar-refractivity contribution in [3.05, 3.63) is 11.1 Å². The number of halogens is 1. The molecule has 0 saturated carbocycles. The Hall–Kier alpha value is -0.690. The minimum atomic E-state index is 0. The van der Waals surface area contributed by atoms with Crippen LogP contribution in [0.2, 0.25) is 0 Å². The fourth-order valence-electron chi connectivity index (χ4n) is 2.44. The summed E-state index contributed by atoms with van der Waals surface area (Å²) in [5, 5.41) is 5.47. The number of rotatable bonds is 4. The number of aryl methyl sites for hydroxylation is 1. The zero-order chi connectivity index (χ0) is 13.8. The summed E-state index contributed by atoms with van der Waals surface area (Å²) in [4.78, 5) is 18.4. The quantitative estimate of drug-likeness (QED) is 0.889. The molecule has 1 aromatic heterocycles. The number of carbonyl (C=O) groups excluding carboxylic acids is 1. The van der Waals surface area contributed by atoms with E-state index in [4.69, 9.17) is 5.73 Å². The number of hydrogen-bond acceptors (Lipinski definition) is 5. The first-order valence-electron chi connectivity index (χ1n) is 6.74. The first-order chi connectivity index (χ1) is 9.04. The lowest BCUT2D eigenvalue weighted by atomic mass is 9.92. The van der Waals surface area contributed by atoms with E-state index in [1.54, 1.807) is 0 Å². The van der Waals surface area contributed by atoms with Crippen LogP contribution in [0.5, 0.6) is 0 Å². The van der Waals surface area contributed by atoms with Crippen molar-refractivity contribution in [3.8, 4) is 0 Å². The standard InChI is InChI=1S/C13H22N4OS.ClH/c1-9-8-19-13(15-9)16-12(18)7-17-5-3-4-11(6-17)10(2)14;/h8,10-11H,3-7,14H2,1-2H3,(H,15,16,18);1H. The number of likely N-dealkylation sites (tertiary alicyclic amines) is 1. The number of nitrogens with two attached hydrogens (primary N) is 1. The average Bonchev–Trinajstić information content (AvgIpc) is 2.74. The Morgan fingerprint density at radius 3 is 3.05 bits per heavy atom. The summed E-state index contributed by atoms with van der Waals surface area (Å²) in [7, 11) is 0. The maximum absolute atomic E-state index is 11.9. The van der Waals surface area contributed by atoms with Crippen molar-refractivity contribution in [2.24, 2.45) is 11.7 Å². The summed E-state index contributed by atoms with van der Waals surface area (Å²) in [6.07, 6.45) is 2.29. The number of thiazole rings is 1. The molecule has 2 unspecified atom stereocenters. The monoisotopic (exact) mass is 318 g/mol. The highest BCUT2D eigenvalue weighted by atomic mass is 35.5. The Kier molecular flexibility index (Phi) is 6.88. The van der Waals surface area contributed by atoms with Crippen LogP contribution in [0.15, 0.2) is 5.38 Å². The van der Waals surface area contributed by atoms with E-state index in [1.165, 1.54) is 17.8 Å². The summed E-state index contributed by atoms with van der Waals surface area (Å²) in [5.41, 5.74) is 6.89. The number of anilines is 1. The lowest BCUT2D eigenvalue weighted by Crippen LogP contribution is -2.45. The van der Waals surface area contributed by atoms with Gasteiger partial charge in [0.15, 0.2) is 5.13 Å². The number of nitrogens with zero attached hydrogens (tertiary/aromatic N) is 2. The van der Waals surface area contributed by atoms with Crippen LogP contribution < -0.4 is 11.1 Å². The molecular formula is C13H23ClN4OS. The van der Waals surface area contributed by atoms with Crippen molar-refractivity contribution in [3.63, 3.8) is 0 Å². The summed E-state index contributed by atoms with van der Waals surface area (Å²) in [5.74, 6) is 0.517. The maximum Gasteiger partial charge on any atom is 0.240 e. The molecule has 114 valence electrons. The number of hydrogen-bond donors (Lipinski definition) is 2. The smallest absolute Gasteiger partial charge is 0.240 e. The van der Waals surface area contributed by atoms with Gasteiger partial charge in [-0.2, -0.15) is 0 Å². The van der Waals surface area contributed by atoms with E-state index in [-0.39, 0.29) is 24.4 Å². The molecule has 0 bridgehead atoms. The van der Waals surface area contributed by atoms with Gasteiger partial charge >= 0.3 is 0 Å². The van der Waals surface area contributed by atoms with E-state index < -0.39 is 0 Å². The zero-order valence-corrected chi connectivity index (χ0v) is 13.6. The van der Waals surface area contributed by atoms with Crippen molar-refractivity contribution in [1.82, 2.24) is 9.88 Å². The van der Waals surface area contributed by atoms with Crippen LogP contribution in [-0.2, 0) is 4.79 Å². The molecule has 0 spiro atoms. The summed E-state index contributed by atoms with van der Waals surface area (Å²) in [6.45, 7) is 6.30. The van der Waals surface area contributed by atoms with Crippen molar-refractivity contribution in [1.29, 1.82) is 0 Å². The highest BCUT2D eigenvalue weighted by molar-refractivity contribution is 7.13. The molecule has 2 atom stereocenters. The fraction of sp³-hybridized carbons (Fsp3) is 0.692. The SMILES string of the molecule is Cc1csc(NC(=O)CN2CCCC(C(C)N)C2)n1.Cl. The Balaban J connectivity index is 0.00000200. The van der Waals surface area contributed by atoms with Crippen LogP contribution in [0.25, 0.3) is 0 Å². The van der Waals surface area contributed by atoms with E-state index >= 15 is 0 Å². The van der Waals surface area contributed by atoms with Gasteiger partial charge in [0.2, 0.25) is 5.91 Å². The molecule has 0 aliphatic carbocycles. The minimum absolute atomic E-state index is 0. The van der Waals surface area contributed by atoms with Crippen LogP contribution in [-0.4, -0.2) is 41.5 Å². The van der Waals surface area contributed by atoms with Gasteiger partial charge in [0, 0.05) is 18.0 Å². The van der Waals surface area contributed by atoms with Crippen molar-refractivity contribution < 1.29 is 4.79 Å². The molecule has 0 aromatic carbocycles. The third-order valence-corrected chi connectivity index (χ3v) is 4.39. The normalized spacial score (nSPS) is 21.1. The molecule has 1 fully saturated rings. The first kappa shape index (κ1) is 17.4. The highest BCUT2D eigenvalue weighted by Crippen LogP contribution is 2.19. The maximum atomic E-state index is 11.9. The van der Waals surface area contributed by atoms with Gasteiger partial charge in [0.25, 0.3) is 0 Å².